The summed E-state index contributed by atoms with van der Waals surface area (Å²) < 4.78 is 13.0. The number of benzene rings is 2. The van der Waals surface area contributed by atoms with Gasteiger partial charge in [0.25, 0.3) is 5.91 Å². The van der Waals surface area contributed by atoms with Crippen LogP contribution in [0.25, 0.3) is 0 Å². The summed E-state index contributed by atoms with van der Waals surface area (Å²) in [4.78, 5) is 26.4. The molecule has 3 aliphatic rings. The number of ether oxygens (including phenoxy) is 2. The van der Waals surface area contributed by atoms with Gasteiger partial charge in [-0.05, 0) is 63.4 Å². The van der Waals surface area contributed by atoms with E-state index in [0.29, 0.717) is 12.1 Å². The van der Waals surface area contributed by atoms with Crippen molar-refractivity contribution >= 4 is 11.9 Å². The highest BCUT2D eigenvalue weighted by Crippen LogP contribution is 2.52. The van der Waals surface area contributed by atoms with Crippen LogP contribution >= 0.6 is 0 Å². The van der Waals surface area contributed by atoms with Crippen molar-refractivity contribution in [3.05, 3.63) is 65.2 Å². The summed E-state index contributed by atoms with van der Waals surface area (Å²) >= 11 is 0. The molecule has 2 aromatic carbocycles. The fraction of sp³-hybridized carbons (Fsp3) is 0.440. The quantitative estimate of drug-likeness (QED) is 0.782. The summed E-state index contributed by atoms with van der Waals surface area (Å²) in [5, 5.41) is 9.12. The molecule has 0 radical (unpaired) electrons. The molecule has 162 valence electrons. The molecule has 6 heteroatoms. The fourth-order valence-corrected chi connectivity index (χ4v) is 5.41. The number of piperidine rings is 1. The molecule has 0 unspecified atom stereocenters. The third kappa shape index (κ3) is 3.39. The maximum Gasteiger partial charge on any atom is 0.335 e. The van der Waals surface area contributed by atoms with Crippen molar-refractivity contribution in [2.75, 3.05) is 6.54 Å². The molecule has 6 nitrogen and oxygen atoms in total. The Morgan fingerprint density at radius 1 is 1.06 bits per heavy atom. The van der Waals surface area contributed by atoms with Gasteiger partial charge in [0.2, 0.25) is 0 Å². The first-order valence-electron chi connectivity index (χ1n) is 10.9. The number of carboxylic acids is 1. The maximum atomic E-state index is 13.3. The van der Waals surface area contributed by atoms with Crippen LogP contribution in [-0.2, 0) is 4.74 Å². The zero-order valence-corrected chi connectivity index (χ0v) is 17.8. The molecule has 2 fully saturated rings. The second-order valence-corrected chi connectivity index (χ2v) is 9.27. The fourth-order valence-electron chi connectivity index (χ4n) is 5.41. The number of rotatable bonds is 2. The van der Waals surface area contributed by atoms with Crippen LogP contribution in [-0.4, -0.2) is 46.2 Å². The topological polar surface area (TPSA) is 76.1 Å². The standard InChI is InChI=1S/C25H27NO5/c1-25(2)18-14-19-21(30-22(18)17-6-3-4-7-20(17)31-25)8-5-13-26(19)23(27)15-9-11-16(12-10-15)24(28)29/h3-4,6-7,9-12,18-19,21-22H,5,8,13-14H2,1-2H3,(H,28,29)/t18-,19-,21-,22+/m0/s1. The van der Waals surface area contributed by atoms with Crippen LogP contribution in [0.2, 0.25) is 0 Å². The maximum absolute atomic E-state index is 13.3. The van der Waals surface area contributed by atoms with Crippen LogP contribution in [0, 0.1) is 5.92 Å². The third-order valence-electron chi connectivity index (χ3n) is 7.03. The van der Waals surface area contributed by atoms with Crippen molar-refractivity contribution in [1.82, 2.24) is 4.90 Å². The third-order valence-corrected chi connectivity index (χ3v) is 7.03. The Morgan fingerprint density at radius 2 is 1.77 bits per heavy atom. The van der Waals surface area contributed by atoms with E-state index in [1.54, 1.807) is 12.1 Å². The molecule has 0 bridgehead atoms. The van der Waals surface area contributed by atoms with E-state index in [-0.39, 0.29) is 35.6 Å². The molecule has 1 amide bonds. The number of hydrogen-bond donors (Lipinski definition) is 1. The van der Waals surface area contributed by atoms with Crippen LogP contribution < -0.4 is 4.74 Å². The molecule has 2 aromatic rings. The van der Waals surface area contributed by atoms with Gasteiger partial charge in [0.1, 0.15) is 11.4 Å². The summed E-state index contributed by atoms with van der Waals surface area (Å²) in [5.74, 6) is -0.0481. The normalized spacial score (nSPS) is 28.5. The van der Waals surface area contributed by atoms with Gasteiger partial charge in [0.05, 0.1) is 23.8 Å². The van der Waals surface area contributed by atoms with Crippen LogP contribution in [0.3, 0.4) is 0 Å². The van der Waals surface area contributed by atoms with E-state index >= 15 is 0 Å². The number of hydrogen-bond acceptors (Lipinski definition) is 4. The van der Waals surface area contributed by atoms with Gasteiger partial charge >= 0.3 is 5.97 Å². The van der Waals surface area contributed by atoms with Gasteiger partial charge in [0.15, 0.2) is 0 Å². The average molecular weight is 421 g/mol. The lowest BCUT2D eigenvalue weighted by molar-refractivity contribution is -0.183. The Morgan fingerprint density at radius 3 is 2.52 bits per heavy atom. The van der Waals surface area contributed by atoms with Crippen molar-refractivity contribution in [3.63, 3.8) is 0 Å². The minimum absolute atomic E-state index is 0.0146. The molecule has 0 saturated carbocycles. The summed E-state index contributed by atoms with van der Waals surface area (Å²) in [6.45, 7) is 4.88. The molecule has 4 atom stereocenters. The van der Waals surface area contributed by atoms with E-state index in [9.17, 15) is 9.59 Å². The van der Waals surface area contributed by atoms with E-state index < -0.39 is 11.6 Å². The van der Waals surface area contributed by atoms with Crippen molar-refractivity contribution in [2.45, 2.75) is 57.0 Å². The number of carbonyl (C=O) groups is 2. The van der Waals surface area contributed by atoms with E-state index in [1.807, 2.05) is 23.1 Å². The monoisotopic (exact) mass is 421 g/mol. The highest BCUT2D eigenvalue weighted by Gasteiger charge is 2.52. The number of amides is 1. The zero-order chi connectivity index (χ0) is 21.8. The second-order valence-electron chi connectivity index (χ2n) is 9.27. The highest BCUT2D eigenvalue weighted by atomic mass is 16.5. The van der Waals surface area contributed by atoms with Gasteiger partial charge in [-0.3, -0.25) is 4.79 Å². The van der Waals surface area contributed by atoms with Gasteiger partial charge in [-0.25, -0.2) is 4.79 Å². The minimum Gasteiger partial charge on any atom is -0.487 e. The highest BCUT2D eigenvalue weighted by molar-refractivity contribution is 5.96. The molecule has 31 heavy (non-hydrogen) atoms. The number of fused-ring (bicyclic) bond motifs is 4. The number of para-hydroxylation sites is 1. The molecule has 2 saturated heterocycles. The Balaban J connectivity index is 1.43. The van der Waals surface area contributed by atoms with Gasteiger partial charge in [-0.1, -0.05) is 18.2 Å². The molecule has 3 aliphatic heterocycles. The Hall–Kier alpha value is -2.86. The molecular weight excluding hydrogens is 394 g/mol. The second kappa shape index (κ2) is 7.38. The van der Waals surface area contributed by atoms with Gasteiger partial charge < -0.3 is 19.5 Å². The Kier molecular flexibility index (Phi) is 4.77. The molecule has 0 spiro atoms. The first-order valence-corrected chi connectivity index (χ1v) is 10.9. The van der Waals surface area contributed by atoms with Crippen LogP contribution in [0.5, 0.6) is 5.75 Å². The van der Waals surface area contributed by atoms with Crippen LogP contribution in [0.4, 0.5) is 0 Å². The number of carboxylic acid groups (broad SMARTS) is 1. The lowest BCUT2D eigenvalue weighted by Gasteiger charge is -2.54. The molecular formula is C25H27NO5. The minimum atomic E-state index is -0.997. The molecule has 1 N–H and O–H groups in total. The SMILES string of the molecule is CC1(C)Oc2ccccc2[C@H]2O[C@H]3CCCN(C(=O)c4ccc(C(=O)O)cc4)[C@H]3C[C@@H]21. The van der Waals surface area contributed by atoms with E-state index in [4.69, 9.17) is 14.6 Å². The van der Waals surface area contributed by atoms with Crippen molar-refractivity contribution in [3.8, 4) is 5.75 Å². The van der Waals surface area contributed by atoms with E-state index in [1.165, 1.54) is 12.1 Å². The van der Waals surface area contributed by atoms with Crippen molar-refractivity contribution in [2.24, 2.45) is 5.92 Å². The van der Waals surface area contributed by atoms with Crippen molar-refractivity contribution in [1.29, 1.82) is 0 Å². The molecule has 3 heterocycles. The number of likely N-dealkylation sites (tertiary alicyclic amines) is 1. The number of carbonyl (C=O) groups excluding carboxylic acids is 1. The van der Waals surface area contributed by atoms with Crippen molar-refractivity contribution < 1.29 is 24.2 Å². The summed E-state index contributed by atoms with van der Waals surface area (Å²) in [5.41, 5.74) is 1.38. The summed E-state index contributed by atoms with van der Waals surface area (Å²) in [7, 11) is 0. The first-order chi connectivity index (χ1) is 14.8. The lowest BCUT2D eigenvalue weighted by atomic mass is 9.72. The van der Waals surface area contributed by atoms with E-state index in [0.717, 1.165) is 30.6 Å². The Labute approximate surface area is 181 Å². The van der Waals surface area contributed by atoms with Gasteiger partial charge in [-0.15, -0.1) is 0 Å². The predicted octanol–water partition coefficient (Wildman–Crippen LogP) is 4.31. The first kappa shape index (κ1) is 20.1. The van der Waals surface area contributed by atoms with E-state index in [2.05, 4.69) is 19.9 Å². The summed E-state index contributed by atoms with van der Waals surface area (Å²) in [6, 6.07) is 14.2. The summed E-state index contributed by atoms with van der Waals surface area (Å²) in [6.07, 6.45) is 2.58. The molecule has 5 rings (SSSR count). The average Bonchev–Trinajstić information content (AvgIpc) is 2.77. The molecule has 0 aromatic heterocycles. The number of nitrogens with zero attached hydrogens (tertiary/aromatic N) is 1. The predicted molar refractivity (Wildman–Crippen MR) is 114 cm³/mol. The number of aromatic carboxylic acids is 1. The lowest BCUT2D eigenvalue weighted by Crippen LogP contribution is -2.60. The van der Waals surface area contributed by atoms with Gasteiger partial charge in [-0.2, -0.15) is 0 Å². The van der Waals surface area contributed by atoms with Crippen LogP contribution in [0.1, 0.15) is 65.5 Å². The Bertz CT molecular complexity index is 1010. The zero-order valence-electron chi connectivity index (χ0n) is 17.8. The molecule has 0 aliphatic carbocycles. The smallest absolute Gasteiger partial charge is 0.335 e. The van der Waals surface area contributed by atoms with Crippen LogP contribution in [0.15, 0.2) is 48.5 Å². The largest absolute Gasteiger partial charge is 0.487 e. The van der Waals surface area contributed by atoms with Gasteiger partial charge in [0, 0.05) is 23.6 Å².